The number of ether oxygens (including phenoxy) is 1. The van der Waals surface area contributed by atoms with Gasteiger partial charge in [0.25, 0.3) is 0 Å². The van der Waals surface area contributed by atoms with Crippen LogP contribution in [0.1, 0.15) is 24.2 Å². The zero-order valence-electron chi connectivity index (χ0n) is 16.2. The van der Waals surface area contributed by atoms with E-state index < -0.39 is 0 Å². The highest BCUT2D eigenvalue weighted by atomic mass is 16.5. The quantitative estimate of drug-likeness (QED) is 0.702. The minimum absolute atomic E-state index is 0.439. The highest BCUT2D eigenvalue weighted by Crippen LogP contribution is 2.24. The molecule has 0 atom stereocenters. The summed E-state index contributed by atoms with van der Waals surface area (Å²) in [6, 6.07) is 21.1. The Bertz CT molecular complexity index is 875. The average Bonchev–Trinajstić information content (AvgIpc) is 2.75. The van der Waals surface area contributed by atoms with E-state index in [4.69, 9.17) is 9.72 Å². The first kappa shape index (κ1) is 18.3. The zero-order chi connectivity index (χ0) is 19.2. The first-order valence-corrected chi connectivity index (χ1v) is 9.81. The van der Waals surface area contributed by atoms with Gasteiger partial charge in [-0.1, -0.05) is 30.3 Å². The number of methoxy groups -OCH3 is 1. The lowest BCUT2D eigenvalue weighted by molar-refractivity contribution is 0.414. The fourth-order valence-electron chi connectivity index (χ4n) is 3.63. The molecule has 1 N–H and O–H groups in total. The lowest BCUT2D eigenvalue weighted by atomic mass is 10.0. The van der Waals surface area contributed by atoms with Crippen molar-refractivity contribution in [3.05, 3.63) is 78.2 Å². The number of nitrogens with zero attached hydrogens (tertiary/aromatic N) is 3. The molecule has 1 fully saturated rings. The van der Waals surface area contributed by atoms with Gasteiger partial charge in [-0.2, -0.15) is 0 Å². The molecule has 1 aromatic heterocycles. The topological polar surface area (TPSA) is 50.3 Å². The van der Waals surface area contributed by atoms with Crippen LogP contribution in [0.2, 0.25) is 0 Å². The van der Waals surface area contributed by atoms with Crippen molar-refractivity contribution in [2.75, 3.05) is 30.4 Å². The molecule has 0 spiro atoms. The number of anilines is 2. The first-order valence-electron chi connectivity index (χ1n) is 9.81. The molecule has 5 nitrogen and oxygen atoms in total. The van der Waals surface area contributed by atoms with E-state index in [0.29, 0.717) is 6.04 Å². The van der Waals surface area contributed by atoms with E-state index in [1.807, 2.05) is 42.6 Å². The molecule has 0 bridgehead atoms. The third-order valence-corrected chi connectivity index (χ3v) is 5.20. The van der Waals surface area contributed by atoms with E-state index in [-0.39, 0.29) is 0 Å². The zero-order valence-corrected chi connectivity index (χ0v) is 16.2. The summed E-state index contributed by atoms with van der Waals surface area (Å²) in [4.78, 5) is 11.6. The van der Waals surface area contributed by atoms with Gasteiger partial charge in [0.05, 0.1) is 7.11 Å². The van der Waals surface area contributed by atoms with Crippen molar-refractivity contribution in [1.29, 1.82) is 0 Å². The molecule has 0 unspecified atom stereocenters. The van der Waals surface area contributed by atoms with Gasteiger partial charge in [0, 0.05) is 37.4 Å². The van der Waals surface area contributed by atoms with Crippen molar-refractivity contribution in [2.24, 2.45) is 0 Å². The van der Waals surface area contributed by atoms with Crippen LogP contribution in [-0.4, -0.2) is 36.2 Å². The molecule has 4 rings (SSSR count). The molecule has 0 radical (unpaired) electrons. The van der Waals surface area contributed by atoms with Gasteiger partial charge in [-0.15, -0.1) is 0 Å². The minimum Gasteiger partial charge on any atom is -0.497 e. The predicted octanol–water partition coefficient (Wildman–Crippen LogP) is 4.16. The Kier molecular flexibility index (Phi) is 5.71. The standard InChI is InChI=1S/C23H26N4O/c1-28-21-9-7-20(8-10-21)27-15-12-19(13-16-27)25-22-11-14-24-23(26-22)17-18-5-3-2-4-6-18/h2-11,14,19H,12-13,15-17H2,1H3,(H,24,25,26). The molecule has 1 aliphatic heterocycles. The molecule has 1 saturated heterocycles. The Labute approximate surface area is 166 Å². The fourth-order valence-corrected chi connectivity index (χ4v) is 3.63. The van der Waals surface area contributed by atoms with Gasteiger partial charge in [-0.3, -0.25) is 0 Å². The third kappa shape index (κ3) is 4.60. The van der Waals surface area contributed by atoms with Crippen molar-refractivity contribution in [2.45, 2.75) is 25.3 Å². The summed E-state index contributed by atoms with van der Waals surface area (Å²) in [5, 5.41) is 3.60. The van der Waals surface area contributed by atoms with Crippen LogP contribution in [0.3, 0.4) is 0 Å². The lowest BCUT2D eigenvalue weighted by Gasteiger charge is -2.34. The van der Waals surface area contributed by atoms with E-state index in [0.717, 1.165) is 49.7 Å². The summed E-state index contributed by atoms with van der Waals surface area (Å²) in [7, 11) is 1.70. The van der Waals surface area contributed by atoms with E-state index in [9.17, 15) is 0 Å². The third-order valence-electron chi connectivity index (χ3n) is 5.20. The van der Waals surface area contributed by atoms with Gasteiger partial charge < -0.3 is 15.0 Å². The molecule has 28 heavy (non-hydrogen) atoms. The highest BCUT2D eigenvalue weighted by molar-refractivity contribution is 5.49. The fraction of sp³-hybridized carbons (Fsp3) is 0.304. The number of piperidine rings is 1. The van der Waals surface area contributed by atoms with E-state index in [1.54, 1.807) is 7.11 Å². The lowest BCUT2D eigenvalue weighted by Crippen LogP contribution is -2.39. The maximum Gasteiger partial charge on any atom is 0.135 e. The molecule has 5 heteroatoms. The summed E-state index contributed by atoms with van der Waals surface area (Å²) < 4.78 is 5.25. The van der Waals surface area contributed by atoms with Crippen LogP contribution in [-0.2, 0) is 6.42 Å². The second-order valence-corrected chi connectivity index (χ2v) is 7.12. The molecule has 3 aromatic rings. The van der Waals surface area contributed by atoms with Gasteiger partial charge in [-0.05, 0) is 48.7 Å². The molecule has 0 amide bonds. The molecular weight excluding hydrogens is 348 g/mol. The molecule has 144 valence electrons. The van der Waals surface area contributed by atoms with Crippen LogP contribution in [0.4, 0.5) is 11.5 Å². The van der Waals surface area contributed by atoms with Crippen molar-refractivity contribution in [1.82, 2.24) is 9.97 Å². The van der Waals surface area contributed by atoms with Gasteiger partial charge in [-0.25, -0.2) is 9.97 Å². The summed E-state index contributed by atoms with van der Waals surface area (Å²) in [5.74, 6) is 2.67. The Morgan fingerprint density at radius 1 is 1.00 bits per heavy atom. The summed E-state index contributed by atoms with van der Waals surface area (Å²) in [6.07, 6.45) is 4.78. The van der Waals surface area contributed by atoms with Crippen LogP contribution in [0.5, 0.6) is 5.75 Å². The number of aromatic nitrogens is 2. The molecular formula is C23H26N4O. The SMILES string of the molecule is COc1ccc(N2CCC(Nc3ccnc(Cc4ccccc4)n3)CC2)cc1. The van der Waals surface area contributed by atoms with Crippen molar-refractivity contribution >= 4 is 11.5 Å². The van der Waals surface area contributed by atoms with E-state index in [1.165, 1.54) is 11.3 Å². The molecule has 1 aliphatic rings. The van der Waals surface area contributed by atoms with Crippen LogP contribution in [0.25, 0.3) is 0 Å². The summed E-state index contributed by atoms with van der Waals surface area (Å²) in [6.45, 7) is 2.07. The minimum atomic E-state index is 0.439. The smallest absolute Gasteiger partial charge is 0.135 e. The van der Waals surface area contributed by atoms with Crippen LogP contribution in [0.15, 0.2) is 66.9 Å². The second kappa shape index (κ2) is 8.74. The van der Waals surface area contributed by atoms with E-state index >= 15 is 0 Å². The number of benzene rings is 2. The van der Waals surface area contributed by atoms with Gasteiger partial charge in [0.15, 0.2) is 0 Å². The van der Waals surface area contributed by atoms with Crippen LogP contribution < -0.4 is 15.0 Å². The van der Waals surface area contributed by atoms with Gasteiger partial charge in [0.1, 0.15) is 17.4 Å². The summed E-state index contributed by atoms with van der Waals surface area (Å²) >= 11 is 0. The van der Waals surface area contributed by atoms with Crippen molar-refractivity contribution < 1.29 is 4.74 Å². The molecule has 2 heterocycles. The predicted molar refractivity (Wildman–Crippen MR) is 113 cm³/mol. The number of hydrogen-bond donors (Lipinski definition) is 1. The average molecular weight is 374 g/mol. The summed E-state index contributed by atoms with van der Waals surface area (Å²) in [5.41, 5.74) is 2.49. The highest BCUT2D eigenvalue weighted by Gasteiger charge is 2.19. The largest absolute Gasteiger partial charge is 0.497 e. The first-order chi connectivity index (χ1) is 13.8. The number of rotatable bonds is 6. The maximum absolute atomic E-state index is 5.25. The van der Waals surface area contributed by atoms with Crippen LogP contribution in [0, 0.1) is 0 Å². The van der Waals surface area contributed by atoms with Gasteiger partial charge >= 0.3 is 0 Å². The Morgan fingerprint density at radius 2 is 1.75 bits per heavy atom. The van der Waals surface area contributed by atoms with Crippen LogP contribution >= 0.6 is 0 Å². The number of hydrogen-bond acceptors (Lipinski definition) is 5. The normalized spacial score (nSPS) is 14.7. The molecule has 0 saturated carbocycles. The Hall–Kier alpha value is -3.08. The maximum atomic E-state index is 5.25. The van der Waals surface area contributed by atoms with E-state index in [2.05, 4.69) is 39.5 Å². The molecule has 2 aromatic carbocycles. The van der Waals surface area contributed by atoms with Crippen molar-refractivity contribution in [3.8, 4) is 5.75 Å². The number of nitrogens with one attached hydrogen (secondary N) is 1. The Morgan fingerprint density at radius 3 is 2.46 bits per heavy atom. The van der Waals surface area contributed by atoms with Gasteiger partial charge in [0.2, 0.25) is 0 Å². The molecule has 0 aliphatic carbocycles. The van der Waals surface area contributed by atoms with Crippen molar-refractivity contribution in [3.63, 3.8) is 0 Å². The second-order valence-electron chi connectivity index (χ2n) is 7.12. The Balaban J connectivity index is 1.32. The monoisotopic (exact) mass is 374 g/mol.